The number of piperidine rings is 1. The number of anilines is 1. The number of esters is 1. The fourth-order valence-corrected chi connectivity index (χ4v) is 4.09. The van der Waals surface area contributed by atoms with E-state index in [0.717, 1.165) is 37.2 Å². The first-order valence-corrected chi connectivity index (χ1v) is 9.05. The molecule has 1 amide bonds. The van der Waals surface area contributed by atoms with Crippen LogP contribution in [0, 0.1) is 11.8 Å². The van der Waals surface area contributed by atoms with Gasteiger partial charge in [0.05, 0.1) is 18.8 Å². The number of pyridine rings is 1. The fourth-order valence-electron chi connectivity index (χ4n) is 4.09. The molecule has 8 nitrogen and oxygen atoms in total. The number of fused-ring (bicyclic) bond motifs is 2. The van der Waals surface area contributed by atoms with Gasteiger partial charge in [0.15, 0.2) is 5.69 Å². The maximum absolute atomic E-state index is 12.3. The van der Waals surface area contributed by atoms with Gasteiger partial charge in [0.2, 0.25) is 5.91 Å². The van der Waals surface area contributed by atoms with E-state index in [1.807, 2.05) is 17.2 Å². The number of amides is 1. The van der Waals surface area contributed by atoms with Gasteiger partial charge < -0.3 is 4.74 Å². The van der Waals surface area contributed by atoms with Crippen molar-refractivity contribution in [1.29, 1.82) is 0 Å². The van der Waals surface area contributed by atoms with Crippen molar-refractivity contribution in [2.45, 2.75) is 32.2 Å². The van der Waals surface area contributed by atoms with Crippen molar-refractivity contribution in [3.8, 4) is 0 Å². The number of rotatable bonds is 4. The molecule has 5 rings (SSSR count). The maximum Gasteiger partial charge on any atom is 0.360 e. The van der Waals surface area contributed by atoms with Gasteiger partial charge in [-0.25, -0.2) is 14.5 Å². The Bertz CT molecular complexity index is 908. The van der Waals surface area contributed by atoms with Gasteiger partial charge >= 0.3 is 5.97 Å². The molecule has 0 N–H and O–H groups in total. The van der Waals surface area contributed by atoms with E-state index in [4.69, 9.17) is 4.74 Å². The average Bonchev–Trinajstić information content (AvgIpc) is 2.99. The highest BCUT2D eigenvalue weighted by Gasteiger charge is 2.52. The van der Waals surface area contributed by atoms with Crippen molar-refractivity contribution >= 4 is 17.7 Å². The monoisotopic (exact) mass is 353 g/mol. The van der Waals surface area contributed by atoms with Crippen LogP contribution in [0.2, 0.25) is 0 Å². The molecular formula is C18H19N5O3. The first-order valence-electron chi connectivity index (χ1n) is 9.05. The average molecular weight is 353 g/mol. The van der Waals surface area contributed by atoms with Crippen LogP contribution in [0.4, 0.5) is 5.82 Å². The standard InChI is InChI=1S/C18H19N5O3/c1-2-26-18(25)14-9-23(21-20-14)15-4-3-10-6-16(19-7-13(10)15)22-8-11-5-12(11)17(22)24/h6-7,9,11-12,15H,2-5,8H2,1H3/t11-,12-,15?/m1/s1. The first kappa shape index (κ1) is 15.5. The van der Waals surface area contributed by atoms with Crippen molar-refractivity contribution in [2.75, 3.05) is 18.1 Å². The van der Waals surface area contributed by atoms with Crippen molar-refractivity contribution in [2.24, 2.45) is 11.8 Å². The van der Waals surface area contributed by atoms with Crippen LogP contribution in [0.15, 0.2) is 18.5 Å². The maximum atomic E-state index is 12.3. The van der Waals surface area contributed by atoms with E-state index in [1.165, 1.54) is 5.56 Å². The van der Waals surface area contributed by atoms with E-state index in [1.54, 1.807) is 17.8 Å². The highest BCUT2D eigenvalue weighted by Crippen LogP contribution is 2.47. The molecule has 2 fully saturated rings. The summed E-state index contributed by atoms with van der Waals surface area (Å²) >= 11 is 0. The van der Waals surface area contributed by atoms with Gasteiger partial charge in [-0.05, 0) is 49.3 Å². The van der Waals surface area contributed by atoms with E-state index < -0.39 is 5.97 Å². The van der Waals surface area contributed by atoms with Crippen LogP contribution in [0.3, 0.4) is 0 Å². The second-order valence-electron chi connectivity index (χ2n) is 7.15. The highest BCUT2D eigenvalue weighted by atomic mass is 16.5. The lowest BCUT2D eigenvalue weighted by molar-refractivity contribution is -0.118. The second kappa shape index (κ2) is 5.62. The molecule has 1 saturated heterocycles. The molecule has 1 unspecified atom stereocenters. The minimum Gasteiger partial charge on any atom is -0.461 e. The second-order valence-corrected chi connectivity index (χ2v) is 7.15. The predicted octanol–water partition coefficient (Wildman–Crippen LogP) is 1.37. The molecular weight excluding hydrogens is 334 g/mol. The van der Waals surface area contributed by atoms with Crippen molar-refractivity contribution in [3.05, 3.63) is 35.3 Å². The van der Waals surface area contributed by atoms with E-state index in [0.29, 0.717) is 12.5 Å². The Hall–Kier alpha value is -2.77. The fraction of sp³-hybridized carbons (Fsp3) is 0.500. The molecule has 0 aromatic carbocycles. The SMILES string of the molecule is CCOC(=O)c1cn(C2CCc3cc(N4C[C@H]5C[C@H]5C4=O)ncc32)nn1. The van der Waals surface area contributed by atoms with Crippen molar-refractivity contribution < 1.29 is 14.3 Å². The summed E-state index contributed by atoms with van der Waals surface area (Å²) in [5.41, 5.74) is 2.47. The van der Waals surface area contributed by atoms with Crippen LogP contribution in [-0.2, 0) is 16.0 Å². The zero-order chi connectivity index (χ0) is 17.8. The molecule has 1 aliphatic heterocycles. The molecule has 3 aliphatic rings. The van der Waals surface area contributed by atoms with E-state index >= 15 is 0 Å². The van der Waals surface area contributed by atoms with Gasteiger partial charge in [-0.3, -0.25) is 9.69 Å². The Morgan fingerprint density at radius 1 is 1.42 bits per heavy atom. The number of carbonyl (C=O) groups is 2. The zero-order valence-electron chi connectivity index (χ0n) is 14.5. The summed E-state index contributed by atoms with van der Waals surface area (Å²) in [4.78, 5) is 30.4. The minimum atomic E-state index is -0.462. The number of hydrogen-bond acceptors (Lipinski definition) is 6. The van der Waals surface area contributed by atoms with Crippen molar-refractivity contribution in [1.82, 2.24) is 20.0 Å². The number of ether oxygens (including phenoxy) is 1. The number of carbonyl (C=O) groups excluding carboxylic acids is 2. The molecule has 8 heteroatoms. The van der Waals surface area contributed by atoms with Crippen LogP contribution in [0.5, 0.6) is 0 Å². The van der Waals surface area contributed by atoms with Gasteiger partial charge in [-0.15, -0.1) is 5.10 Å². The summed E-state index contributed by atoms with van der Waals surface area (Å²) < 4.78 is 6.67. The van der Waals surface area contributed by atoms with Crippen LogP contribution >= 0.6 is 0 Å². The Morgan fingerprint density at radius 3 is 3.08 bits per heavy atom. The van der Waals surface area contributed by atoms with Crippen LogP contribution in [0.25, 0.3) is 0 Å². The molecule has 2 aromatic heterocycles. The van der Waals surface area contributed by atoms with Crippen LogP contribution in [-0.4, -0.2) is 45.0 Å². The summed E-state index contributed by atoms with van der Waals surface area (Å²) in [7, 11) is 0. The Kier molecular flexibility index (Phi) is 3.35. The molecule has 0 bridgehead atoms. The molecule has 2 aliphatic carbocycles. The smallest absolute Gasteiger partial charge is 0.360 e. The molecule has 3 heterocycles. The minimum absolute atomic E-state index is 0.00455. The van der Waals surface area contributed by atoms with Gasteiger partial charge in [0.25, 0.3) is 0 Å². The lowest BCUT2D eigenvalue weighted by Gasteiger charge is -2.18. The molecule has 1 saturated carbocycles. The summed E-state index contributed by atoms with van der Waals surface area (Å²) in [6.45, 7) is 2.86. The quantitative estimate of drug-likeness (QED) is 0.771. The Labute approximate surface area is 150 Å². The van der Waals surface area contributed by atoms with Gasteiger partial charge in [-0.2, -0.15) is 0 Å². The molecule has 134 valence electrons. The summed E-state index contributed by atoms with van der Waals surface area (Å²) in [6, 6.07) is 2.03. The third-order valence-corrected chi connectivity index (χ3v) is 5.57. The van der Waals surface area contributed by atoms with E-state index in [9.17, 15) is 9.59 Å². The van der Waals surface area contributed by atoms with Gasteiger partial charge in [-0.1, -0.05) is 5.21 Å². The topological polar surface area (TPSA) is 90.2 Å². The summed E-state index contributed by atoms with van der Waals surface area (Å²) in [5, 5.41) is 8.02. The first-order chi connectivity index (χ1) is 12.7. The number of aromatic nitrogens is 4. The van der Waals surface area contributed by atoms with Crippen molar-refractivity contribution in [3.63, 3.8) is 0 Å². The predicted molar refractivity (Wildman–Crippen MR) is 90.6 cm³/mol. The Balaban J connectivity index is 1.39. The highest BCUT2D eigenvalue weighted by molar-refractivity contribution is 5.99. The summed E-state index contributed by atoms with van der Waals surface area (Å²) in [5.74, 6) is 1.27. The summed E-state index contributed by atoms with van der Waals surface area (Å²) in [6.07, 6.45) is 6.26. The van der Waals surface area contributed by atoms with Gasteiger partial charge in [0, 0.05) is 18.7 Å². The number of nitrogens with zero attached hydrogens (tertiary/aromatic N) is 5. The van der Waals surface area contributed by atoms with Gasteiger partial charge in [0.1, 0.15) is 5.82 Å². The number of hydrogen-bond donors (Lipinski definition) is 0. The molecule has 2 aromatic rings. The molecule has 0 radical (unpaired) electrons. The molecule has 3 atom stereocenters. The van der Waals surface area contributed by atoms with Crippen LogP contribution < -0.4 is 4.90 Å². The normalized spacial score (nSPS) is 26.0. The molecule has 26 heavy (non-hydrogen) atoms. The van der Waals surface area contributed by atoms with E-state index in [2.05, 4.69) is 15.3 Å². The largest absolute Gasteiger partial charge is 0.461 e. The number of aryl methyl sites for hydroxylation is 1. The zero-order valence-corrected chi connectivity index (χ0v) is 14.5. The molecule has 0 spiro atoms. The van der Waals surface area contributed by atoms with E-state index in [-0.39, 0.29) is 23.6 Å². The lowest BCUT2D eigenvalue weighted by Crippen LogP contribution is -2.28. The third-order valence-electron chi connectivity index (χ3n) is 5.57. The third kappa shape index (κ3) is 2.32. The lowest BCUT2D eigenvalue weighted by atomic mass is 10.1. The van der Waals surface area contributed by atoms with Crippen LogP contribution in [0.1, 0.15) is 47.4 Å². The Morgan fingerprint density at radius 2 is 2.31 bits per heavy atom.